The van der Waals surface area contributed by atoms with Gasteiger partial charge in [-0.3, -0.25) is 24.0 Å². The summed E-state index contributed by atoms with van der Waals surface area (Å²) in [4.78, 5) is 55.6. The molecule has 0 spiro atoms. The molecule has 0 radical (unpaired) electrons. The molecular weight excluding hydrogens is 328 g/mol. The van der Waals surface area contributed by atoms with E-state index in [0.29, 0.717) is 0 Å². The van der Waals surface area contributed by atoms with Gasteiger partial charge in [-0.25, -0.2) is 0 Å². The molecule has 0 bridgehead atoms. The maximum Gasteiger partial charge on any atom is 0.303 e. The third-order valence-electron chi connectivity index (χ3n) is 2.52. The quantitative estimate of drug-likeness (QED) is 0.310. The summed E-state index contributed by atoms with van der Waals surface area (Å²) in [5, 5.41) is 10.1. The Balaban J connectivity index is 5.55. The molecule has 10 nitrogen and oxygen atoms in total. The van der Waals surface area contributed by atoms with E-state index in [4.69, 9.17) is 14.2 Å². The zero-order valence-corrected chi connectivity index (χ0v) is 13.7. The molecule has 1 N–H and O–H groups in total. The van der Waals surface area contributed by atoms with Gasteiger partial charge in [-0.05, 0) is 0 Å². The predicted molar refractivity (Wildman–Crippen MR) is 75.4 cm³/mol. The van der Waals surface area contributed by atoms with Crippen LogP contribution in [0.3, 0.4) is 0 Å². The summed E-state index contributed by atoms with van der Waals surface area (Å²) in [5.74, 6) is -3.32. The largest absolute Gasteiger partial charge is 0.463 e. The van der Waals surface area contributed by atoms with Crippen molar-refractivity contribution in [3.05, 3.63) is 0 Å². The van der Waals surface area contributed by atoms with Gasteiger partial charge in [0.15, 0.2) is 24.6 Å². The Morgan fingerprint density at radius 1 is 0.833 bits per heavy atom. The van der Waals surface area contributed by atoms with Crippen molar-refractivity contribution in [3.8, 4) is 0 Å². The number of ether oxygens (including phenoxy) is 4. The van der Waals surface area contributed by atoms with Crippen LogP contribution in [0.4, 0.5) is 0 Å². The summed E-state index contributed by atoms with van der Waals surface area (Å²) in [6.07, 6.45) is -6.36. The number of esters is 4. The van der Waals surface area contributed by atoms with Gasteiger partial charge in [-0.1, -0.05) is 0 Å². The second-order valence-electron chi connectivity index (χ2n) is 4.73. The molecule has 0 heterocycles. The molecule has 0 saturated heterocycles. The number of carbonyl (C=O) groups excluding carboxylic acids is 5. The van der Waals surface area contributed by atoms with Crippen LogP contribution in [0.25, 0.3) is 0 Å². The van der Waals surface area contributed by atoms with E-state index in [1.165, 1.54) is 0 Å². The van der Waals surface area contributed by atoms with Gasteiger partial charge < -0.3 is 24.1 Å². The van der Waals surface area contributed by atoms with Crippen LogP contribution in [-0.2, 0) is 42.9 Å². The fourth-order valence-electron chi connectivity index (χ4n) is 1.73. The molecule has 0 unspecified atom stereocenters. The molecule has 0 aliphatic heterocycles. The molecule has 0 fully saturated rings. The highest BCUT2D eigenvalue weighted by atomic mass is 16.6. The fraction of sp³-hybridized carbons (Fsp3) is 0.643. The Bertz CT molecular complexity index is 486. The van der Waals surface area contributed by atoms with Crippen LogP contribution >= 0.6 is 0 Å². The topological polar surface area (TPSA) is 143 Å². The first-order valence-corrected chi connectivity index (χ1v) is 6.86. The molecule has 0 aromatic heterocycles. The molecule has 0 saturated carbocycles. The number of hydrogen-bond acceptors (Lipinski definition) is 10. The number of aliphatic hydroxyl groups is 1. The van der Waals surface area contributed by atoms with Crippen molar-refractivity contribution in [2.24, 2.45) is 0 Å². The molecule has 0 aliphatic carbocycles. The zero-order chi connectivity index (χ0) is 18.9. The summed E-state index contributed by atoms with van der Waals surface area (Å²) in [6, 6.07) is 0. The lowest BCUT2D eigenvalue weighted by Crippen LogP contribution is -2.52. The van der Waals surface area contributed by atoms with E-state index in [0.717, 1.165) is 27.7 Å². The first-order valence-electron chi connectivity index (χ1n) is 6.86. The summed E-state index contributed by atoms with van der Waals surface area (Å²) < 4.78 is 19.0. The van der Waals surface area contributed by atoms with Crippen molar-refractivity contribution in [2.75, 3.05) is 6.61 Å². The number of aliphatic hydroxyl groups excluding tert-OH is 1. The fourth-order valence-corrected chi connectivity index (χ4v) is 1.73. The van der Waals surface area contributed by atoms with Gasteiger partial charge in [-0.15, -0.1) is 0 Å². The number of rotatable bonds is 9. The van der Waals surface area contributed by atoms with Gasteiger partial charge in [0, 0.05) is 27.7 Å². The van der Waals surface area contributed by atoms with Crippen molar-refractivity contribution >= 4 is 30.2 Å². The van der Waals surface area contributed by atoms with Crippen LogP contribution in [-0.4, -0.2) is 66.3 Å². The molecule has 0 rings (SSSR count). The van der Waals surface area contributed by atoms with E-state index in [1.807, 2.05) is 0 Å². The molecule has 0 aliphatic rings. The molecule has 0 aromatic rings. The van der Waals surface area contributed by atoms with Crippen molar-refractivity contribution in [2.45, 2.75) is 52.1 Å². The SMILES string of the molecule is CC(=O)OC[C@@H](O)[C@@H](OC(C)=O)[C@H](OC(C)=O)[C@H](C=O)OC(C)=O. The molecule has 136 valence electrons. The average Bonchev–Trinajstić information content (AvgIpc) is 2.45. The Hall–Kier alpha value is -2.49. The highest BCUT2D eigenvalue weighted by molar-refractivity contribution is 5.72. The van der Waals surface area contributed by atoms with Crippen LogP contribution < -0.4 is 0 Å². The molecule has 0 amide bonds. The van der Waals surface area contributed by atoms with Crippen molar-refractivity contribution in [3.63, 3.8) is 0 Å². The van der Waals surface area contributed by atoms with E-state index in [-0.39, 0.29) is 6.29 Å². The molecule has 24 heavy (non-hydrogen) atoms. The van der Waals surface area contributed by atoms with E-state index >= 15 is 0 Å². The van der Waals surface area contributed by atoms with Crippen LogP contribution in [0.1, 0.15) is 27.7 Å². The minimum Gasteiger partial charge on any atom is -0.463 e. The molecular formula is C14H20O10. The minimum absolute atomic E-state index is 0.157. The lowest BCUT2D eigenvalue weighted by Gasteiger charge is -2.31. The smallest absolute Gasteiger partial charge is 0.303 e. The first-order chi connectivity index (χ1) is 11.1. The van der Waals surface area contributed by atoms with Gasteiger partial charge in [0.2, 0.25) is 0 Å². The molecule has 0 aromatic carbocycles. The lowest BCUT2D eigenvalue weighted by molar-refractivity contribution is -0.195. The standard InChI is InChI=1S/C14H20O10/c1-7(16)21-6-11(20)13(23-9(3)18)14(24-10(4)19)12(5-15)22-8(2)17/h5,11-14,20H,6H2,1-4H3/t11-,12+,13-,14-/m1/s1. The highest BCUT2D eigenvalue weighted by Crippen LogP contribution is 2.17. The van der Waals surface area contributed by atoms with Gasteiger partial charge in [0.25, 0.3) is 0 Å². The molecule has 10 heteroatoms. The van der Waals surface area contributed by atoms with Crippen LogP contribution in [0.2, 0.25) is 0 Å². The lowest BCUT2D eigenvalue weighted by atomic mass is 10.0. The van der Waals surface area contributed by atoms with Crippen molar-refractivity contribution < 1.29 is 48.0 Å². The number of hydrogen-bond donors (Lipinski definition) is 1. The predicted octanol–water partition coefficient (Wildman–Crippen LogP) is -1.10. The van der Waals surface area contributed by atoms with Gasteiger partial charge in [0.1, 0.15) is 12.7 Å². The Kier molecular flexibility index (Phi) is 9.25. The van der Waals surface area contributed by atoms with Gasteiger partial charge in [0.05, 0.1) is 0 Å². The highest BCUT2D eigenvalue weighted by Gasteiger charge is 2.41. The van der Waals surface area contributed by atoms with Crippen LogP contribution in [0.5, 0.6) is 0 Å². The number of aldehydes is 1. The minimum atomic E-state index is -1.64. The first kappa shape index (κ1) is 21.5. The normalized spacial score (nSPS) is 15.2. The Labute approximate surface area is 138 Å². The third-order valence-corrected chi connectivity index (χ3v) is 2.52. The van der Waals surface area contributed by atoms with Crippen molar-refractivity contribution in [1.82, 2.24) is 0 Å². The Morgan fingerprint density at radius 3 is 1.67 bits per heavy atom. The maximum atomic E-state index is 11.3. The summed E-state index contributed by atoms with van der Waals surface area (Å²) in [6.45, 7) is 3.52. The zero-order valence-electron chi connectivity index (χ0n) is 13.7. The van der Waals surface area contributed by atoms with E-state index in [2.05, 4.69) is 4.74 Å². The van der Waals surface area contributed by atoms with Crippen molar-refractivity contribution in [1.29, 1.82) is 0 Å². The van der Waals surface area contributed by atoms with E-state index in [1.54, 1.807) is 0 Å². The van der Waals surface area contributed by atoms with Crippen LogP contribution in [0, 0.1) is 0 Å². The Morgan fingerprint density at radius 2 is 1.29 bits per heavy atom. The van der Waals surface area contributed by atoms with E-state index in [9.17, 15) is 29.1 Å². The van der Waals surface area contributed by atoms with Gasteiger partial charge >= 0.3 is 23.9 Å². The summed E-state index contributed by atoms with van der Waals surface area (Å²) >= 11 is 0. The average molecular weight is 348 g/mol. The molecule has 4 atom stereocenters. The monoisotopic (exact) mass is 348 g/mol. The third kappa shape index (κ3) is 8.22. The van der Waals surface area contributed by atoms with E-state index < -0.39 is 54.9 Å². The van der Waals surface area contributed by atoms with Crippen LogP contribution in [0.15, 0.2) is 0 Å². The van der Waals surface area contributed by atoms with Gasteiger partial charge in [-0.2, -0.15) is 0 Å². The summed E-state index contributed by atoms with van der Waals surface area (Å²) in [5.41, 5.74) is 0. The maximum absolute atomic E-state index is 11.3. The summed E-state index contributed by atoms with van der Waals surface area (Å²) in [7, 11) is 0. The second-order valence-corrected chi connectivity index (χ2v) is 4.73. The number of carbonyl (C=O) groups is 5. The second kappa shape index (κ2) is 10.3.